The Labute approximate surface area is 105 Å². The Morgan fingerprint density at radius 2 is 2.11 bits per heavy atom. The van der Waals surface area contributed by atoms with E-state index in [1.54, 1.807) is 0 Å². The average molecular weight is 255 g/mol. The molecule has 0 bridgehead atoms. The molecule has 1 fully saturated rings. The van der Waals surface area contributed by atoms with E-state index in [0.717, 1.165) is 31.9 Å². The summed E-state index contributed by atoms with van der Waals surface area (Å²) in [5.41, 5.74) is 2.28. The maximum absolute atomic E-state index is 13.4. The fourth-order valence-electron chi connectivity index (χ4n) is 2.15. The van der Waals surface area contributed by atoms with E-state index < -0.39 is 5.82 Å². The summed E-state index contributed by atoms with van der Waals surface area (Å²) >= 11 is 0. The maximum Gasteiger partial charge on any atom is 0.239 e. The van der Waals surface area contributed by atoms with Crippen molar-refractivity contribution in [2.45, 2.75) is 31.8 Å². The van der Waals surface area contributed by atoms with Crippen LogP contribution in [0.5, 0.6) is 0 Å². The van der Waals surface area contributed by atoms with E-state index in [1.807, 2.05) is 0 Å². The summed E-state index contributed by atoms with van der Waals surface area (Å²) in [5, 5.41) is 12.4. The summed E-state index contributed by atoms with van der Waals surface area (Å²) in [6.07, 6.45) is 4.42. The second kappa shape index (κ2) is 5.92. The van der Waals surface area contributed by atoms with Gasteiger partial charge in [0.1, 0.15) is 0 Å². The average Bonchev–Trinajstić information content (AvgIpc) is 2.40. The first-order chi connectivity index (χ1) is 8.69. The monoisotopic (exact) mass is 255 g/mol. The maximum atomic E-state index is 13.4. The van der Waals surface area contributed by atoms with Crippen LogP contribution in [0.2, 0.25) is 0 Å². The normalized spacial score (nSPS) is 23.7. The molecule has 100 valence electrons. The van der Waals surface area contributed by atoms with Gasteiger partial charge in [0.25, 0.3) is 0 Å². The quantitative estimate of drug-likeness (QED) is 0.471. The molecule has 1 aromatic heterocycles. The van der Waals surface area contributed by atoms with Crippen molar-refractivity contribution in [2.24, 2.45) is 11.8 Å². The number of nitrogens with two attached hydrogens (primary N) is 1. The molecular weight excluding hydrogens is 237 g/mol. The number of hydrogen-bond donors (Lipinski definition) is 4. The second-order valence-corrected chi connectivity index (χ2v) is 4.59. The first-order valence-electron chi connectivity index (χ1n) is 6.10. The molecule has 1 aliphatic carbocycles. The van der Waals surface area contributed by atoms with Gasteiger partial charge >= 0.3 is 0 Å². The van der Waals surface area contributed by atoms with Gasteiger partial charge in [-0.05, 0) is 31.6 Å². The topological polar surface area (TPSA) is 96.1 Å². The van der Waals surface area contributed by atoms with E-state index in [-0.39, 0.29) is 17.9 Å². The van der Waals surface area contributed by atoms with E-state index in [2.05, 4.69) is 20.7 Å². The van der Waals surface area contributed by atoms with Gasteiger partial charge in [0, 0.05) is 6.54 Å². The molecule has 0 radical (unpaired) electrons. The van der Waals surface area contributed by atoms with Crippen LogP contribution in [0.1, 0.15) is 25.7 Å². The zero-order valence-corrected chi connectivity index (χ0v) is 10.1. The van der Waals surface area contributed by atoms with Gasteiger partial charge in [-0.3, -0.25) is 5.43 Å². The molecule has 0 atom stereocenters. The molecule has 0 amide bonds. The molecule has 0 unspecified atom stereocenters. The highest BCUT2D eigenvalue weighted by Gasteiger charge is 2.19. The predicted molar refractivity (Wildman–Crippen MR) is 66.3 cm³/mol. The minimum Gasteiger partial charge on any atom is -0.393 e. The number of nitrogens with one attached hydrogen (secondary N) is 2. The molecule has 2 rings (SSSR count). The third kappa shape index (κ3) is 3.27. The summed E-state index contributed by atoms with van der Waals surface area (Å²) in [6.45, 7) is 0.644. The number of halogens is 1. The molecule has 0 spiro atoms. The number of aromatic nitrogens is 2. The minimum atomic E-state index is -0.496. The van der Waals surface area contributed by atoms with Crippen LogP contribution in [0.3, 0.4) is 0 Å². The molecule has 1 aromatic rings. The van der Waals surface area contributed by atoms with Crippen LogP contribution in [-0.2, 0) is 0 Å². The lowest BCUT2D eigenvalue weighted by atomic mass is 9.87. The van der Waals surface area contributed by atoms with E-state index >= 15 is 0 Å². The number of nitrogen functional groups attached to an aromatic ring is 1. The molecule has 1 saturated carbocycles. The lowest BCUT2D eigenvalue weighted by Crippen LogP contribution is -2.24. The van der Waals surface area contributed by atoms with Gasteiger partial charge in [-0.1, -0.05) is 0 Å². The Kier molecular flexibility index (Phi) is 4.27. The molecular formula is C11H18FN5O. The van der Waals surface area contributed by atoms with Gasteiger partial charge in [-0.15, -0.1) is 0 Å². The zero-order valence-electron chi connectivity index (χ0n) is 10.1. The molecule has 6 nitrogen and oxygen atoms in total. The lowest BCUT2D eigenvalue weighted by molar-refractivity contribution is 0.111. The lowest BCUT2D eigenvalue weighted by Gasteiger charge is -2.25. The largest absolute Gasteiger partial charge is 0.393 e. The summed E-state index contributed by atoms with van der Waals surface area (Å²) in [4.78, 5) is 7.57. The highest BCUT2D eigenvalue weighted by Crippen LogP contribution is 2.24. The van der Waals surface area contributed by atoms with Crippen LogP contribution in [0.4, 0.5) is 16.2 Å². The van der Waals surface area contributed by atoms with Crippen LogP contribution in [0.25, 0.3) is 0 Å². The third-order valence-corrected chi connectivity index (χ3v) is 3.25. The third-order valence-electron chi connectivity index (χ3n) is 3.25. The first kappa shape index (κ1) is 13.0. The molecule has 0 aliphatic heterocycles. The van der Waals surface area contributed by atoms with Gasteiger partial charge < -0.3 is 10.4 Å². The number of aliphatic hydroxyl groups is 1. The van der Waals surface area contributed by atoms with Crippen molar-refractivity contribution in [3.8, 4) is 0 Å². The second-order valence-electron chi connectivity index (χ2n) is 4.59. The Bertz CT molecular complexity index is 395. The molecule has 0 aromatic carbocycles. The number of nitrogens with zero attached hydrogens (tertiary/aromatic N) is 2. The van der Waals surface area contributed by atoms with E-state index in [0.29, 0.717) is 12.5 Å². The van der Waals surface area contributed by atoms with Crippen molar-refractivity contribution in [1.29, 1.82) is 0 Å². The van der Waals surface area contributed by atoms with E-state index in [4.69, 9.17) is 5.84 Å². The number of aliphatic hydroxyl groups excluding tert-OH is 1. The molecule has 18 heavy (non-hydrogen) atoms. The van der Waals surface area contributed by atoms with Crippen molar-refractivity contribution in [3.63, 3.8) is 0 Å². The smallest absolute Gasteiger partial charge is 0.239 e. The predicted octanol–water partition coefficient (Wildman–Crippen LogP) is 0.864. The van der Waals surface area contributed by atoms with Crippen molar-refractivity contribution < 1.29 is 9.50 Å². The fraction of sp³-hybridized carbons (Fsp3) is 0.636. The van der Waals surface area contributed by atoms with Crippen molar-refractivity contribution in [1.82, 2.24) is 9.97 Å². The Hall–Kier alpha value is -1.47. The molecule has 1 aliphatic rings. The van der Waals surface area contributed by atoms with Crippen LogP contribution < -0.4 is 16.6 Å². The van der Waals surface area contributed by atoms with E-state index in [1.165, 1.54) is 0 Å². The van der Waals surface area contributed by atoms with Crippen molar-refractivity contribution >= 4 is 11.8 Å². The Morgan fingerprint density at radius 1 is 1.39 bits per heavy atom. The fourth-order valence-corrected chi connectivity index (χ4v) is 2.15. The van der Waals surface area contributed by atoms with Gasteiger partial charge in [-0.25, -0.2) is 15.2 Å². The van der Waals surface area contributed by atoms with Gasteiger partial charge in [-0.2, -0.15) is 4.98 Å². The van der Waals surface area contributed by atoms with Crippen LogP contribution in [0.15, 0.2) is 6.20 Å². The number of hydrogen-bond acceptors (Lipinski definition) is 6. The number of rotatable bonds is 4. The van der Waals surface area contributed by atoms with E-state index in [9.17, 15) is 9.50 Å². The van der Waals surface area contributed by atoms with Crippen LogP contribution in [0, 0.1) is 11.7 Å². The highest BCUT2D eigenvalue weighted by atomic mass is 19.1. The van der Waals surface area contributed by atoms with Crippen molar-refractivity contribution in [3.05, 3.63) is 12.0 Å². The highest BCUT2D eigenvalue weighted by molar-refractivity contribution is 5.40. The van der Waals surface area contributed by atoms with Gasteiger partial charge in [0.05, 0.1) is 12.3 Å². The van der Waals surface area contributed by atoms with Gasteiger partial charge in [0.2, 0.25) is 5.95 Å². The molecule has 1 heterocycles. The van der Waals surface area contributed by atoms with Crippen LogP contribution in [-0.4, -0.2) is 27.7 Å². The number of anilines is 2. The SMILES string of the molecule is NNc1ncc(F)c(NCC2CCC(O)CC2)n1. The minimum absolute atomic E-state index is 0.157. The summed E-state index contributed by atoms with van der Waals surface area (Å²) in [5.74, 6) is 5.45. The van der Waals surface area contributed by atoms with Gasteiger partial charge in [0.15, 0.2) is 11.6 Å². The molecule has 5 N–H and O–H groups in total. The summed E-state index contributed by atoms with van der Waals surface area (Å²) in [6, 6.07) is 0. The summed E-state index contributed by atoms with van der Waals surface area (Å²) < 4.78 is 13.4. The number of hydrazine groups is 1. The Morgan fingerprint density at radius 3 is 2.78 bits per heavy atom. The molecule has 0 saturated heterocycles. The molecule has 7 heteroatoms. The first-order valence-corrected chi connectivity index (χ1v) is 6.10. The Balaban J connectivity index is 1.89. The summed E-state index contributed by atoms with van der Waals surface area (Å²) in [7, 11) is 0. The standard InChI is InChI=1S/C11H18FN5O/c12-9-6-15-11(17-13)16-10(9)14-5-7-1-3-8(18)4-2-7/h6-8,18H,1-5,13H2,(H2,14,15,16,17). The van der Waals surface area contributed by atoms with Crippen molar-refractivity contribution in [2.75, 3.05) is 17.3 Å². The van der Waals surface area contributed by atoms with Crippen LogP contribution >= 0.6 is 0 Å². The zero-order chi connectivity index (χ0) is 13.0.